The molecule has 0 fully saturated rings. The van der Waals surface area contributed by atoms with Crippen LogP contribution in [0.4, 0.5) is 0 Å². The number of carbonyl (C=O) groups is 1. The van der Waals surface area contributed by atoms with E-state index in [4.69, 9.17) is 0 Å². The summed E-state index contributed by atoms with van der Waals surface area (Å²) in [5.41, 5.74) is 1.54. The quantitative estimate of drug-likeness (QED) is 0.631. The van der Waals surface area contributed by atoms with Gasteiger partial charge in [-0.15, -0.1) is 0 Å². The van der Waals surface area contributed by atoms with Crippen molar-refractivity contribution in [2.45, 2.75) is 59.8 Å². The first-order chi connectivity index (χ1) is 7.50. The van der Waals surface area contributed by atoms with Crippen LogP contribution in [0, 0.1) is 17.8 Å². The van der Waals surface area contributed by atoms with Crippen molar-refractivity contribution in [1.82, 2.24) is 0 Å². The summed E-state index contributed by atoms with van der Waals surface area (Å²) >= 11 is 0. The first-order valence-corrected chi connectivity index (χ1v) is 6.69. The molecule has 1 heteroatoms. The molecular weight excluding hydrogens is 196 g/mol. The SMILES string of the molecule is CC1=CCC(C(C)CCC(=O)C(C)C)CC1. The largest absolute Gasteiger partial charge is 0.299 e. The highest BCUT2D eigenvalue weighted by Gasteiger charge is 2.20. The summed E-state index contributed by atoms with van der Waals surface area (Å²) in [5.74, 6) is 2.14. The molecule has 16 heavy (non-hydrogen) atoms. The monoisotopic (exact) mass is 222 g/mol. The molecule has 0 aromatic carbocycles. The first kappa shape index (κ1) is 13.5. The Bertz CT molecular complexity index is 263. The van der Waals surface area contributed by atoms with E-state index in [-0.39, 0.29) is 5.92 Å². The van der Waals surface area contributed by atoms with Gasteiger partial charge in [0.15, 0.2) is 0 Å². The molecule has 92 valence electrons. The van der Waals surface area contributed by atoms with Gasteiger partial charge in [-0.3, -0.25) is 4.79 Å². The number of hydrogen-bond donors (Lipinski definition) is 0. The normalized spacial score (nSPS) is 23.1. The number of carbonyl (C=O) groups excluding carboxylic acids is 1. The van der Waals surface area contributed by atoms with Gasteiger partial charge in [0.1, 0.15) is 5.78 Å². The number of allylic oxidation sites excluding steroid dienone is 2. The van der Waals surface area contributed by atoms with Gasteiger partial charge in [-0.1, -0.05) is 32.4 Å². The average molecular weight is 222 g/mol. The Balaban J connectivity index is 2.30. The maximum Gasteiger partial charge on any atom is 0.135 e. The Morgan fingerprint density at radius 1 is 1.44 bits per heavy atom. The molecule has 1 rings (SSSR count). The molecule has 0 aromatic heterocycles. The maximum absolute atomic E-state index is 11.6. The lowest BCUT2D eigenvalue weighted by molar-refractivity contribution is -0.122. The Kier molecular flexibility index (Phi) is 5.24. The highest BCUT2D eigenvalue weighted by Crippen LogP contribution is 2.31. The number of Topliss-reactive ketones (excluding diaryl/α,β-unsaturated/α-hetero) is 1. The van der Waals surface area contributed by atoms with Crippen LogP contribution >= 0.6 is 0 Å². The van der Waals surface area contributed by atoms with Crippen molar-refractivity contribution in [3.05, 3.63) is 11.6 Å². The Morgan fingerprint density at radius 3 is 2.62 bits per heavy atom. The van der Waals surface area contributed by atoms with Gasteiger partial charge in [0.05, 0.1) is 0 Å². The summed E-state index contributed by atoms with van der Waals surface area (Å²) in [7, 11) is 0. The van der Waals surface area contributed by atoms with Crippen molar-refractivity contribution in [2.75, 3.05) is 0 Å². The molecule has 0 radical (unpaired) electrons. The molecule has 0 N–H and O–H groups in total. The first-order valence-electron chi connectivity index (χ1n) is 6.69. The standard InChI is InChI=1S/C15H26O/c1-11(2)15(16)10-7-13(4)14-8-5-12(3)6-9-14/h5,11,13-14H,6-10H2,1-4H3. The molecule has 1 aliphatic carbocycles. The molecule has 2 unspecified atom stereocenters. The lowest BCUT2D eigenvalue weighted by Crippen LogP contribution is -2.16. The van der Waals surface area contributed by atoms with E-state index in [2.05, 4.69) is 19.9 Å². The van der Waals surface area contributed by atoms with Gasteiger partial charge in [0, 0.05) is 12.3 Å². The van der Waals surface area contributed by atoms with Crippen molar-refractivity contribution >= 4 is 5.78 Å². The summed E-state index contributed by atoms with van der Waals surface area (Å²) in [4.78, 5) is 11.6. The van der Waals surface area contributed by atoms with Crippen molar-refractivity contribution < 1.29 is 4.79 Å². The van der Waals surface area contributed by atoms with E-state index in [1.165, 1.54) is 19.3 Å². The van der Waals surface area contributed by atoms with Crippen LogP contribution < -0.4 is 0 Å². The summed E-state index contributed by atoms with van der Waals surface area (Å²) in [6.07, 6.45) is 8.04. The van der Waals surface area contributed by atoms with Crippen LogP contribution in [0.1, 0.15) is 59.8 Å². The molecule has 0 spiro atoms. The van der Waals surface area contributed by atoms with Gasteiger partial charge < -0.3 is 0 Å². The van der Waals surface area contributed by atoms with Gasteiger partial charge in [-0.25, -0.2) is 0 Å². The maximum atomic E-state index is 11.6. The van der Waals surface area contributed by atoms with Crippen LogP contribution in [0.2, 0.25) is 0 Å². The van der Waals surface area contributed by atoms with Crippen LogP contribution in [-0.2, 0) is 4.79 Å². The van der Waals surface area contributed by atoms with Crippen LogP contribution in [0.25, 0.3) is 0 Å². The molecule has 1 aliphatic rings. The fourth-order valence-electron chi connectivity index (χ4n) is 2.40. The second-order valence-corrected chi connectivity index (χ2v) is 5.72. The lowest BCUT2D eigenvalue weighted by atomic mass is 9.79. The zero-order valence-electron chi connectivity index (χ0n) is 11.3. The van der Waals surface area contributed by atoms with Crippen LogP contribution in [0.5, 0.6) is 0 Å². The number of ketones is 1. The second-order valence-electron chi connectivity index (χ2n) is 5.72. The van der Waals surface area contributed by atoms with E-state index in [0.717, 1.165) is 18.8 Å². The third kappa shape index (κ3) is 4.11. The van der Waals surface area contributed by atoms with Crippen molar-refractivity contribution in [1.29, 1.82) is 0 Å². The van der Waals surface area contributed by atoms with Gasteiger partial charge >= 0.3 is 0 Å². The predicted octanol–water partition coefficient (Wildman–Crippen LogP) is 4.37. The summed E-state index contributed by atoms with van der Waals surface area (Å²) < 4.78 is 0. The third-order valence-corrected chi connectivity index (χ3v) is 3.97. The number of rotatable bonds is 5. The zero-order chi connectivity index (χ0) is 12.1. The van der Waals surface area contributed by atoms with Gasteiger partial charge in [-0.2, -0.15) is 0 Å². The minimum Gasteiger partial charge on any atom is -0.299 e. The topological polar surface area (TPSA) is 17.1 Å². The molecule has 0 aromatic rings. The van der Waals surface area contributed by atoms with Crippen LogP contribution in [0.15, 0.2) is 11.6 Å². The van der Waals surface area contributed by atoms with Crippen LogP contribution in [0.3, 0.4) is 0 Å². The third-order valence-electron chi connectivity index (χ3n) is 3.97. The van der Waals surface area contributed by atoms with E-state index in [0.29, 0.717) is 11.7 Å². The summed E-state index contributed by atoms with van der Waals surface area (Å²) in [6, 6.07) is 0. The Hall–Kier alpha value is -0.590. The average Bonchev–Trinajstić information content (AvgIpc) is 2.26. The Labute approximate surface area is 100 Å². The van der Waals surface area contributed by atoms with Crippen LogP contribution in [-0.4, -0.2) is 5.78 Å². The molecule has 0 saturated heterocycles. The Morgan fingerprint density at radius 2 is 2.12 bits per heavy atom. The van der Waals surface area contributed by atoms with Gasteiger partial charge in [0.25, 0.3) is 0 Å². The van der Waals surface area contributed by atoms with E-state index in [1.807, 2.05) is 13.8 Å². The van der Waals surface area contributed by atoms with E-state index in [9.17, 15) is 4.79 Å². The summed E-state index contributed by atoms with van der Waals surface area (Å²) in [6.45, 7) is 8.54. The molecule has 0 amide bonds. The molecule has 0 saturated carbocycles. The smallest absolute Gasteiger partial charge is 0.135 e. The molecule has 0 aliphatic heterocycles. The fraction of sp³-hybridized carbons (Fsp3) is 0.800. The van der Waals surface area contributed by atoms with Crippen molar-refractivity contribution in [2.24, 2.45) is 17.8 Å². The second kappa shape index (κ2) is 6.22. The minimum atomic E-state index is 0.209. The van der Waals surface area contributed by atoms with Crippen molar-refractivity contribution in [3.63, 3.8) is 0 Å². The van der Waals surface area contributed by atoms with Gasteiger partial charge in [-0.05, 0) is 44.4 Å². The van der Waals surface area contributed by atoms with E-state index < -0.39 is 0 Å². The fourth-order valence-corrected chi connectivity index (χ4v) is 2.40. The minimum absolute atomic E-state index is 0.209. The molecular formula is C15H26O. The predicted molar refractivity (Wildman–Crippen MR) is 69.3 cm³/mol. The van der Waals surface area contributed by atoms with Gasteiger partial charge in [0.2, 0.25) is 0 Å². The highest BCUT2D eigenvalue weighted by molar-refractivity contribution is 5.80. The molecule has 0 bridgehead atoms. The highest BCUT2D eigenvalue weighted by atomic mass is 16.1. The zero-order valence-corrected chi connectivity index (χ0v) is 11.3. The molecule has 2 atom stereocenters. The lowest BCUT2D eigenvalue weighted by Gasteiger charge is -2.26. The molecule has 0 heterocycles. The molecule has 1 nitrogen and oxygen atoms in total. The number of hydrogen-bond acceptors (Lipinski definition) is 1. The van der Waals surface area contributed by atoms with E-state index in [1.54, 1.807) is 5.57 Å². The van der Waals surface area contributed by atoms with E-state index >= 15 is 0 Å². The summed E-state index contributed by atoms with van der Waals surface area (Å²) in [5, 5.41) is 0. The van der Waals surface area contributed by atoms with Crippen molar-refractivity contribution in [3.8, 4) is 0 Å².